The quantitative estimate of drug-likeness (QED) is 0.446. The summed E-state index contributed by atoms with van der Waals surface area (Å²) in [5.41, 5.74) is 6.14. The molecule has 142 valence electrons. The smallest absolute Gasteiger partial charge is 0.270 e. The third kappa shape index (κ3) is 3.49. The molecule has 0 bridgehead atoms. The maximum Gasteiger partial charge on any atom is 0.270 e. The number of rotatable bonds is 4. The Labute approximate surface area is 165 Å². The highest BCUT2D eigenvalue weighted by Crippen LogP contribution is 2.26. The molecule has 12 heteroatoms. The first-order valence-corrected chi connectivity index (χ1v) is 9.49. The summed E-state index contributed by atoms with van der Waals surface area (Å²) in [6.07, 6.45) is 3.11. The van der Waals surface area contributed by atoms with E-state index < -0.39 is 5.56 Å². The number of hydrogen-bond acceptors (Lipinski definition) is 9. The van der Waals surface area contributed by atoms with Gasteiger partial charge in [0.05, 0.1) is 18.4 Å². The molecule has 1 amide bonds. The molecule has 4 N–H and O–H groups in total. The third-order valence-corrected chi connectivity index (χ3v) is 5.25. The molecule has 0 atom stereocenters. The van der Waals surface area contributed by atoms with Crippen LogP contribution in [0.5, 0.6) is 0 Å². The Hall–Kier alpha value is -2.83. The second kappa shape index (κ2) is 7.66. The van der Waals surface area contributed by atoms with Crippen molar-refractivity contribution in [1.82, 2.24) is 24.9 Å². The molecule has 1 saturated heterocycles. The number of pyridine rings is 1. The molecule has 4 heterocycles. The molecule has 1 fully saturated rings. The van der Waals surface area contributed by atoms with Gasteiger partial charge in [0.15, 0.2) is 0 Å². The van der Waals surface area contributed by atoms with Crippen LogP contribution in [-0.2, 0) is 4.79 Å². The van der Waals surface area contributed by atoms with Gasteiger partial charge in [0, 0.05) is 43.4 Å². The fraction of sp³-hybridized carbons (Fsp3) is 0.312. The summed E-state index contributed by atoms with van der Waals surface area (Å²) in [5.74, 6) is 0.165. The van der Waals surface area contributed by atoms with Crippen molar-refractivity contribution >= 4 is 47.0 Å². The summed E-state index contributed by atoms with van der Waals surface area (Å²) in [5, 5.41) is 10.8. The van der Waals surface area contributed by atoms with Crippen molar-refractivity contribution in [3.63, 3.8) is 0 Å². The van der Waals surface area contributed by atoms with Gasteiger partial charge in [-0.05, 0) is 6.07 Å². The number of carbonyl (C=O) groups is 1. The average molecular weight is 396 g/mol. The van der Waals surface area contributed by atoms with E-state index >= 15 is 0 Å². The molecule has 3 aromatic heterocycles. The van der Waals surface area contributed by atoms with Crippen LogP contribution in [-0.4, -0.2) is 66.1 Å². The van der Waals surface area contributed by atoms with Gasteiger partial charge < -0.3 is 21.3 Å². The lowest BCUT2D eigenvalue weighted by atomic mass is 9.98. The average Bonchev–Trinajstić information content (AvgIpc) is 3.16. The molecule has 0 unspecified atom stereocenters. The lowest BCUT2D eigenvalue weighted by Crippen LogP contribution is -2.48. The van der Waals surface area contributed by atoms with Crippen LogP contribution in [0.2, 0.25) is 0 Å². The number of nitrogens with two attached hydrogens (primary N) is 1. The zero-order valence-electron chi connectivity index (χ0n) is 14.9. The Balaban J connectivity index is 1.74. The van der Waals surface area contributed by atoms with E-state index in [1.54, 1.807) is 12.3 Å². The van der Waals surface area contributed by atoms with Crippen LogP contribution >= 0.6 is 11.3 Å². The van der Waals surface area contributed by atoms with Crippen molar-refractivity contribution in [1.29, 1.82) is 0 Å². The number of carbonyl (C=O) groups excluding carboxylic acids is 1. The minimum atomic E-state index is -0.401. The zero-order valence-corrected chi connectivity index (χ0v) is 15.7. The largest absolute Gasteiger partial charge is 0.354 e. The van der Waals surface area contributed by atoms with Gasteiger partial charge >= 0.3 is 0 Å². The molecular weight excluding hydrogens is 379 g/mol. The van der Waals surface area contributed by atoms with Crippen molar-refractivity contribution < 1.29 is 4.79 Å². The van der Waals surface area contributed by atoms with Gasteiger partial charge in [-0.25, -0.2) is 4.98 Å². The summed E-state index contributed by atoms with van der Waals surface area (Å²) >= 11 is 1.25. The van der Waals surface area contributed by atoms with Crippen LogP contribution in [0.25, 0.3) is 15.5 Å². The molecule has 1 aliphatic heterocycles. The highest BCUT2D eigenvalue weighted by molar-refractivity contribution is 7.19. The van der Waals surface area contributed by atoms with Gasteiger partial charge in [0.2, 0.25) is 10.9 Å². The minimum absolute atomic E-state index is 0.0818. The summed E-state index contributed by atoms with van der Waals surface area (Å²) in [7, 11) is 6.06. The molecule has 0 aliphatic carbocycles. The predicted molar refractivity (Wildman–Crippen MR) is 109 cm³/mol. The summed E-state index contributed by atoms with van der Waals surface area (Å²) in [6.45, 7) is 2.94. The Morgan fingerprint density at radius 3 is 2.89 bits per heavy atom. The zero-order chi connectivity index (χ0) is 19.7. The van der Waals surface area contributed by atoms with Gasteiger partial charge in [-0.3, -0.25) is 14.6 Å². The van der Waals surface area contributed by atoms with Gasteiger partial charge in [-0.1, -0.05) is 11.3 Å². The number of piperazine rings is 1. The normalized spacial score (nSPS) is 14.4. The molecule has 4 rings (SSSR count). The van der Waals surface area contributed by atoms with Crippen LogP contribution in [0, 0.1) is 0 Å². The molecule has 2 radical (unpaired) electrons. The molecule has 3 aromatic rings. The maximum atomic E-state index is 12.7. The van der Waals surface area contributed by atoms with Crippen LogP contribution in [0.15, 0.2) is 23.3 Å². The van der Waals surface area contributed by atoms with Crippen LogP contribution in [0.1, 0.15) is 0 Å². The fourth-order valence-electron chi connectivity index (χ4n) is 2.92. The number of hydrogen-bond donors (Lipinski definition) is 3. The summed E-state index contributed by atoms with van der Waals surface area (Å²) in [4.78, 5) is 35.3. The molecule has 0 aromatic carbocycles. The van der Waals surface area contributed by atoms with E-state index in [4.69, 9.17) is 13.6 Å². The second-order valence-corrected chi connectivity index (χ2v) is 7.16. The molecule has 28 heavy (non-hydrogen) atoms. The maximum absolute atomic E-state index is 12.7. The van der Waals surface area contributed by atoms with E-state index in [0.29, 0.717) is 27.0 Å². The van der Waals surface area contributed by atoms with Crippen LogP contribution < -0.4 is 32.3 Å². The van der Waals surface area contributed by atoms with Crippen molar-refractivity contribution in [2.24, 2.45) is 5.73 Å². The Kier molecular flexibility index (Phi) is 5.07. The number of anilines is 2. The van der Waals surface area contributed by atoms with Crippen molar-refractivity contribution in [3.05, 3.63) is 28.8 Å². The van der Waals surface area contributed by atoms with Crippen LogP contribution in [0.3, 0.4) is 0 Å². The number of nitrogens with one attached hydrogen (secondary N) is 2. The summed E-state index contributed by atoms with van der Waals surface area (Å²) < 4.78 is 1.20. The first-order chi connectivity index (χ1) is 13.6. The molecule has 1 aliphatic rings. The SMILES string of the molecule is [B]c1c(N2CCNCC2)nc2sc(-c3cncc(NC(=O)CN)c3)nn2c1=O. The molecule has 0 saturated carbocycles. The fourth-order valence-corrected chi connectivity index (χ4v) is 3.79. The minimum Gasteiger partial charge on any atom is -0.354 e. The predicted octanol–water partition coefficient (Wildman–Crippen LogP) is -1.69. The number of fused-ring (bicyclic) bond motifs is 1. The van der Waals surface area contributed by atoms with E-state index in [1.165, 1.54) is 22.0 Å². The second-order valence-electron chi connectivity index (χ2n) is 6.21. The number of aromatic nitrogens is 4. The van der Waals surface area contributed by atoms with Crippen LogP contribution in [0.4, 0.5) is 11.5 Å². The molecule has 0 spiro atoms. The van der Waals surface area contributed by atoms with E-state index in [9.17, 15) is 9.59 Å². The van der Waals surface area contributed by atoms with E-state index in [2.05, 4.69) is 25.7 Å². The van der Waals surface area contributed by atoms with Crippen molar-refractivity contribution in [2.45, 2.75) is 0 Å². The molecular formula is C16H17BN8O2S. The Morgan fingerprint density at radius 1 is 1.36 bits per heavy atom. The van der Waals surface area contributed by atoms with Gasteiger partial charge in [0.1, 0.15) is 18.7 Å². The molecule has 10 nitrogen and oxygen atoms in total. The Bertz CT molecular complexity index is 1090. The third-order valence-electron chi connectivity index (χ3n) is 4.30. The number of nitrogens with zero attached hydrogens (tertiary/aromatic N) is 5. The van der Waals surface area contributed by atoms with Crippen molar-refractivity contribution in [3.8, 4) is 10.6 Å². The van der Waals surface area contributed by atoms with Crippen molar-refractivity contribution in [2.75, 3.05) is 42.9 Å². The Morgan fingerprint density at radius 2 is 2.14 bits per heavy atom. The van der Waals surface area contributed by atoms with Gasteiger partial charge in [0.25, 0.3) is 5.56 Å². The standard InChI is InChI=1S/C16H17BN8O2S/c17-12-13(24-3-1-19-2-4-24)22-16-25(15(12)27)23-14(28-16)9-5-10(8-20-7-9)21-11(26)6-18/h5,7-8,19H,1-4,6,18H2,(H,21,26). The highest BCUT2D eigenvalue weighted by Gasteiger charge is 2.19. The van der Waals surface area contributed by atoms with Gasteiger partial charge in [-0.15, -0.1) is 0 Å². The van der Waals surface area contributed by atoms with E-state index in [1.807, 2.05) is 4.90 Å². The first-order valence-electron chi connectivity index (χ1n) is 8.67. The lowest BCUT2D eigenvalue weighted by Gasteiger charge is -2.29. The monoisotopic (exact) mass is 396 g/mol. The number of amides is 1. The first kappa shape index (κ1) is 18.5. The van der Waals surface area contributed by atoms with E-state index in [0.717, 1.165) is 26.2 Å². The topological polar surface area (TPSA) is 131 Å². The lowest BCUT2D eigenvalue weighted by molar-refractivity contribution is -0.114. The van der Waals surface area contributed by atoms with Gasteiger partial charge in [-0.2, -0.15) is 9.61 Å². The summed E-state index contributed by atoms with van der Waals surface area (Å²) in [6, 6.07) is 1.71. The van der Waals surface area contributed by atoms with E-state index in [-0.39, 0.29) is 17.9 Å². The highest BCUT2D eigenvalue weighted by atomic mass is 32.1.